The second-order valence-corrected chi connectivity index (χ2v) is 7.74. The molecule has 1 fully saturated rings. The zero-order valence-corrected chi connectivity index (χ0v) is 16.2. The lowest BCUT2D eigenvalue weighted by Gasteiger charge is -2.29. The Morgan fingerprint density at radius 3 is 2.85 bits per heavy atom. The van der Waals surface area contributed by atoms with Gasteiger partial charge in [0, 0.05) is 24.7 Å². The first-order valence-corrected chi connectivity index (χ1v) is 10.1. The topological polar surface area (TPSA) is 63.2 Å². The number of rotatable bonds is 8. The van der Waals surface area contributed by atoms with Gasteiger partial charge in [0.25, 0.3) is 0 Å². The fourth-order valence-electron chi connectivity index (χ4n) is 3.62. The fourth-order valence-corrected chi connectivity index (χ4v) is 4.31. The van der Waals surface area contributed by atoms with Crippen molar-refractivity contribution >= 4 is 17.2 Å². The minimum absolute atomic E-state index is 0.0154. The van der Waals surface area contributed by atoms with Crippen LogP contribution in [0.2, 0.25) is 0 Å². The molecule has 1 aliphatic rings. The van der Waals surface area contributed by atoms with Crippen LogP contribution in [0.5, 0.6) is 0 Å². The number of ether oxygens (including phenoxy) is 1. The molecule has 6 heteroatoms. The van der Waals surface area contributed by atoms with Crippen molar-refractivity contribution in [3.63, 3.8) is 0 Å². The van der Waals surface area contributed by atoms with Crippen LogP contribution in [0, 0.1) is 5.92 Å². The smallest absolute Gasteiger partial charge is 0.226 e. The number of nitrogens with zero attached hydrogens (tertiary/aromatic N) is 1. The van der Waals surface area contributed by atoms with Crippen LogP contribution in [-0.2, 0) is 16.0 Å². The summed E-state index contributed by atoms with van der Waals surface area (Å²) in [4.78, 5) is 17.4. The number of aromatic nitrogens is 1. The fraction of sp³-hybridized carbons (Fsp3) is 0.500. The highest BCUT2D eigenvalue weighted by molar-refractivity contribution is 7.09. The van der Waals surface area contributed by atoms with Crippen molar-refractivity contribution in [2.45, 2.75) is 44.4 Å². The highest BCUT2D eigenvalue weighted by Crippen LogP contribution is 2.23. The monoisotopic (exact) mass is 373 g/mol. The number of carbonyl (C=O) groups is 1. The van der Waals surface area contributed by atoms with Crippen LogP contribution in [0.15, 0.2) is 41.9 Å². The number of hydrogen-bond acceptors (Lipinski definition) is 5. The lowest BCUT2D eigenvalue weighted by atomic mass is 9.95. The van der Waals surface area contributed by atoms with Gasteiger partial charge in [-0.25, -0.2) is 4.98 Å². The van der Waals surface area contributed by atoms with Crippen LogP contribution in [0.25, 0.3) is 0 Å². The predicted octanol–water partition coefficient (Wildman–Crippen LogP) is 2.95. The van der Waals surface area contributed by atoms with E-state index in [0.717, 1.165) is 30.8 Å². The van der Waals surface area contributed by atoms with E-state index in [1.165, 1.54) is 5.56 Å². The van der Waals surface area contributed by atoms with Gasteiger partial charge in [-0.2, -0.15) is 0 Å². The van der Waals surface area contributed by atoms with Crippen molar-refractivity contribution in [3.05, 3.63) is 52.5 Å². The quantitative estimate of drug-likeness (QED) is 0.747. The zero-order valence-electron chi connectivity index (χ0n) is 15.4. The first-order chi connectivity index (χ1) is 12.7. The maximum absolute atomic E-state index is 13.0. The summed E-state index contributed by atoms with van der Waals surface area (Å²) < 4.78 is 5.67. The summed E-state index contributed by atoms with van der Waals surface area (Å²) >= 11 is 1.57. The predicted molar refractivity (Wildman–Crippen MR) is 104 cm³/mol. The Bertz CT molecular complexity index is 672. The van der Waals surface area contributed by atoms with Gasteiger partial charge < -0.3 is 15.4 Å². The largest absolute Gasteiger partial charge is 0.379 e. The van der Waals surface area contributed by atoms with Crippen LogP contribution < -0.4 is 10.6 Å². The summed E-state index contributed by atoms with van der Waals surface area (Å²) in [6.07, 6.45) is 4.58. The molecule has 0 bridgehead atoms. The lowest BCUT2D eigenvalue weighted by Crippen LogP contribution is -2.47. The van der Waals surface area contributed by atoms with Gasteiger partial charge in [0.1, 0.15) is 5.01 Å². The Hall–Kier alpha value is -1.76. The van der Waals surface area contributed by atoms with Crippen LogP contribution in [-0.4, -0.2) is 36.7 Å². The molecule has 0 aliphatic carbocycles. The van der Waals surface area contributed by atoms with Gasteiger partial charge in [-0.05, 0) is 31.4 Å². The summed E-state index contributed by atoms with van der Waals surface area (Å²) in [5.41, 5.74) is 1.18. The Balaban J connectivity index is 1.70. The molecule has 1 aromatic carbocycles. The van der Waals surface area contributed by atoms with E-state index in [1.807, 2.05) is 30.5 Å². The lowest BCUT2D eigenvalue weighted by molar-refractivity contribution is -0.130. The first kappa shape index (κ1) is 19.0. The summed E-state index contributed by atoms with van der Waals surface area (Å²) in [7, 11) is 1.69. The number of amides is 1. The van der Waals surface area contributed by atoms with E-state index in [-0.39, 0.29) is 30.0 Å². The molecule has 3 rings (SSSR count). The van der Waals surface area contributed by atoms with Crippen molar-refractivity contribution in [2.75, 3.05) is 13.7 Å². The van der Waals surface area contributed by atoms with E-state index in [0.29, 0.717) is 0 Å². The van der Waals surface area contributed by atoms with E-state index < -0.39 is 0 Å². The van der Waals surface area contributed by atoms with Gasteiger partial charge in [0.2, 0.25) is 5.91 Å². The minimum Gasteiger partial charge on any atom is -0.379 e. The molecule has 4 atom stereocenters. The Labute approximate surface area is 159 Å². The molecule has 1 aliphatic heterocycles. The maximum Gasteiger partial charge on any atom is 0.226 e. The Morgan fingerprint density at radius 1 is 1.42 bits per heavy atom. The summed E-state index contributed by atoms with van der Waals surface area (Å²) in [5, 5.41) is 9.54. The molecule has 1 amide bonds. The van der Waals surface area contributed by atoms with E-state index >= 15 is 0 Å². The molecule has 1 saturated heterocycles. The van der Waals surface area contributed by atoms with Crippen molar-refractivity contribution in [1.29, 1.82) is 0 Å². The standard InChI is InChI=1S/C20H27N3O2S/c1-14(18(25-2)16-9-6-10-21-16)19(24)23-17(20-22-11-12-26-20)13-15-7-4-3-5-8-15/h3-5,7-8,11-12,14,16-18,21H,6,9-10,13H2,1-2H3,(H,23,24). The summed E-state index contributed by atoms with van der Waals surface area (Å²) in [6.45, 7) is 2.94. The normalized spacial score (nSPS) is 20.5. The SMILES string of the molecule is COC(C1CCCN1)C(C)C(=O)NC(Cc1ccccc1)c1nccs1. The number of carbonyl (C=O) groups excluding carboxylic acids is 1. The highest BCUT2D eigenvalue weighted by Gasteiger charge is 2.34. The zero-order chi connectivity index (χ0) is 18.4. The highest BCUT2D eigenvalue weighted by atomic mass is 32.1. The molecule has 2 aromatic rings. The molecule has 2 heterocycles. The maximum atomic E-state index is 13.0. The molecule has 0 saturated carbocycles. The van der Waals surface area contributed by atoms with Crippen LogP contribution in [0.3, 0.4) is 0 Å². The summed E-state index contributed by atoms with van der Waals surface area (Å²) in [5.74, 6) is -0.212. The number of thiazole rings is 1. The van der Waals surface area contributed by atoms with Gasteiger partial charge in [0.05, 0.1) is 18.1 Å². The average molecular weight is 374 g/mol. The molecule has 26 heavy (non-hydrogen) atoms. The van der Waals surface area contributed by atoms with Gasteiger partial charge in [0.15, 0.2) is 0 Å². The molecule has 0 spiro atoms. The molecular weight excluding hydrogens is 346 g/mol. The van der Waals surface area contributed by atoms with E-state index in [9.17, 15) is 4.79 Å². The second kappa shape index (κ2) is 9.26. The van der Waals surface area contributed by atoms with Crippen molar-refractivity contribution in [2.24, 2.45) is 5.92 Å². The van der Waals surface area contributed by atoms with Crippen LogP contribution in [0.1, 0.15) is 36.4 Å². The third-order valence-corrected chi connectivity index (χ3v) is 5.91. The van der Waals surface area contributed by atoms with Gasteiger partial charge in [-0.3, -0.25) is 4.79 Å². The van der Waals surface area contributed by atoms with Gasteiger partial charge >= 0.3 is 0 Å². The molecule has 140 valence electrons. The Kier molecular flexibility index (Phi) is 6.77. The summed E-state index contributed by atoms with van der Waals surface area (Å²) in [6, 6.07) is 10.3. The number of methoxy groups -OCH3 is 1. The van der Waals surface area contributed by atoms with E-state index in [4.69, 9.17) is 4.74 Å². The van der Waals surface area contributed by atoms with Gasteiger partial charge in [-0.15, -0.1) is 11.3 Å². The van der Waals surface area contributed by atoms with Crippen molar-refractivity contribution in [3.8, 4) is 0 Å². The first-order valence-electron chi connectivity index (χ1n) is 9.19. The average Bonchev–Trinajstić information content (AvgIpc) is 3.37. The number of benzene rings is 1. The third kappa shape index (κ3) is 4.69. The molecule has 0 radical (unpaired) electrons. The molecular formula is C20H27N3O2S. The van der Waals surface area contributed by atoms with Crippen molar-refractivity contribution in [1.82, 2.24) is 15.6 Å². The molecule has 4 unspecified atom stereocenters. The molecule has 5 nitrogen and oxygen atoms in total. The van der Waals surface area contributed by atoms with Crippen LogP contribution in [0.4, 0.5) is 0 Å². The number of nitrogens with one attached hydrogen (secondary N) is 2. The van der Waals surface area contributed by atoms with Crippen LogP contribution >= 0.6 is 11.3 Å². The Morgan fingerprint density at radius 2 is 2.23 bits per heavy atom. The number of hydrogen-bond donors (Lipinski definition) is 2. The minimum atomic E-state index is -0.228. The molecule has 2 N–H and O–H groups in total. The van der Waals surface area contributed by atoms with E-state index in [1.54, 1.807) is 24.6 Å². The molecule has 1 aromatic heterocycles. The van der Waals surface area contributed by atoms with E-state index in [2.05, 4.69) is 27.8 Å². The van der Waals surface area contributed by atoms with Crippen molar-refractivity contribution < 1.29 is 9.53 Å². The van der Waals surface area contributed by atoms with Gasteiger partial charge in [-0.1, -0.05) is 37.3 Å². The third-order valence-electron chi connectivity index (χ3n) is 5.02. The second-order valence-electron chi connectivity index (χ2n) is 6.81.